The minimum atomic E-state index is -3.94. The van der Waals surface area contributed by atoms with Crippen molar-refractivity contribution in [1.82, 2.24) is 9.62 Å². The highest BCUT2D eigenvalue weighted by molar-refractivity contribution is 7.89. The molecule has 3 aliphatic rings. The number of nitrogens with one attached hydrogen (secondary N) is 1. The average Bonchev–Trinajstić information content (AvgIpc) is 3.55. The van der Waals surface area contributed by atoms with E-state index in [2.05, 4.69) is 5.32 Å². The van der Waals surface area contributed by atoms with E-state index < -0.39 is 28.3 Å². The molecule has 1 saturated carbocycles. The van der Waals surface area contributed by atoms with Gasteiger partial charge in [-0.3, -0.25) is 0 Å². The highest BCUT2D eigenvalue weighted by atomic mass is 32.2. The van der Waals surface area contributed by atoms with Crippen molar-refractivity contribution in [2.45, 2.75) is 62.5 Å². The van der Waals surface area contributed by atoms with Crippen molar-refractivity contribution in [3.8, 4) is 5.75 Å². The number of rotatable bonds is 12. The molecule has 0 radical (unpaired) electrons. The number of aliphatic hydroxyl groups is 1. The lowest BCUT2D eigenvalue weighted by atomic mass is 9.87. The Morgan fingerprint density at radius 3 is 2.52 bits per heavy atom. The Morgan fingerprint density at radius 1 is 1.10 bits per heavy atom. The molecular weight excluding hydrogens is 560 g/mol. The Balaban J connectivity index is 1.31. The number of ether oxygens (including phenoxy) is 4. The van der Waals surface area contributed by atoms with Crippen molar-refractivity contribution < 1.29 is 37.3 Å². The fourth-order valence-electron chi connectivity index (χ4n) is 6.54. The molecule has 7 atom stereocenters. The van der Waals surface area contributed by atoms with Crippen LogP contribution in [0.4, 0.5) is 4.79 Å². The van der Waals surface area contributed by atoms with E-state index in [-0.39, 0.29) is 48.1 Å². The molecule has 2 aromatic rings. The number of nitrogens with zero attached hydrogens (tertiary/aromatic N) is 1. The molecule has 3 fully saturated rings. The van der Waals surface area contributed by atoms with Crippen LogP contribution in [0.5, 0.6) is 5.75 Å². The van der Waals surface area contributed by atoms with Gasteiger partial charge in [0.25, 0.3) is 0 Å². The molecule has 0 spiro atoms. The zero-order chi connectivity index (χ0) is 29.9. The number of amides is 1. The number of benzene rings is 2. The van der Waals surface area contributed by atoms with Crippen LogP contribution < -0.4 is 10.1 Å². The van der Waals surface area contributed by atoms with Gasteiger partial charge in [-0.05, 0) is 60.9 Å². The molecule has 2 aromatic carbocycles. The van der Waals surface area contributed by atoms with Crippen LogP contribution in [0.1, 0.15) is 32.3 Å². The number of aliphatic hydroxyl groups excluding tert-OH is 1. The van der Waals surface area contributed by atoms with E-state index in [4.69, 9.17) is 18.9 Å². The highest BCUT2D eigenvalue weighted by Gasteiger charge is 2.55. The standard InChI is InChI=1S/C31H42N2O8S/c1-20(2)17-33(42(36,37)24-11-9-23(38-3)10-12-24)18-27(34)26(15-21-7-5-4-6-8-21)32-31(35)41-28-16-22-19-40-30-29(22)25(28)13-14-39-30/h4-12,20,22,25-30,34H,13-19H2,1-3H3,(H,32,35)/t22-,25-,26-,27+,28-,29?,30+/m0/s1. The van der Waals surface area contributed by atoms with Crippen molar-refractivity contribution in [3.63, 3.8) is 0 Å². The van der Waals surface area contributed by atoms with Crippen LogP contribution in [0.15, 0.2) is 59.5 Å². The predicted molar refractivity (Wildman–Crippen MR) is 155 cm³/mol. The van der Waals surface area contributed by atoms with Crippen molar-refractivity contribution in [3.05, 3.63) is 60.2 Å². The molecule has 2 saturated heterocycles. The SMILES string of the molecule is COc1ccc(S(=O)(=O)N(CC(C)C)C[C@@H](O)[C@H](Cc2ccccc2)NC(=O)O[C@H]2C[C@H]3CO[C@H]4OCC[C@@H]2C34)cc1. The average molecular weight is 603 g/mol. The van der Waals surface area contributed by atoms with Crippen molar-refractivity contribution >= 4 is 16.1 Å². The first-order valence-corrected chi connectivity index (χ1v) is 16.2. The zero-order valence-corrected chi connectivity index (χ0v) is 25.2. The summed E-state index contributed by atoms with van der Waals surface area (Å²) in [6.07, 6.45) is -0.460. The number of hydrogen-bond donors (Lipinski definition) is 2. The van der Waals surface area contributed by atoms with E-state index >= 15 is 0 Å². The number of carbonyl (C=O) groups excluding carboxylic acids is 1. The molecule has 2 N–H and O–H groups in total. The molecule has 0 bridgehead atoms. The van der Waals surface area contributed by atoms with E-state index in [9.17, 15) is 18.3 Å². The van der Waals surface area contributed by atoms with E-state index in [0.717, 1.165) is 18.4 Å². The normalized spacial score (nSPS) is 26.6. The van der Waals surface area contributed by atoms with Crippen LogP contribution in [0.2, 0.25) is 0 Å². The molecule has 42 heavy (non-hydrogen) atoms. The molecule has 1 amide bonds. The third kappa shape index (κ3) is 6.92. The maximum absolute atomic E-state index is 13.7. The molecule has 1 aliphatic carbocycles. The van der Waals surface area contributed by atoms with Crippen LogP contribution in [-0.4, -0.2) is 81.9 Å². The Kier molecular flexibility index (Phi) is 9.74. The van der Waals surface area contributed by atoms with Gasteiger partial charge >= 0.3 is 6.09 Å². The lowest BCUT2D eigenvalue weighted by Gasteiger charge is -2.33. The first kappa shape index (κ1) is 30.7. The minimum absolute atomic E-state index is 0.00446. The van der Waals surface area contributed by atoms with Crippen LogP contribution in [-0.2, 0) is 30.7 Å². The van der Waals surface area contributed by atoms with E-state index in [1.165, 1.54) is 23.5 Å². The van der Waals surface area contributed by atoms with Crippen molar-refractivity contribution in [2.75, 3.05) is 33.4 Å². The number of alkyl carbamates (subject to hydrolysis) is 1. The molecule has 2 aliphatic heterocycles. The summed E-state index contributed by atoms with van der Waals surface area (Å²) < 4.78 is 51.3. The van der Waals surface area contributed by atoms with Gasteiger partial charge in [0.2, 0.25) is 10.0 Å². The molecule has 0 aromatic heterocycles. The van der Waals surface area contributed by atoms with Crippen molar-refractivity contribution in [1.29, 1.82) is 0 Å². The fraction of sp³-hybridized carbons (Fsp3) is 0.581. The zero-order valence-electron chi connectivity index (χ0n) is 24.4. The van der Waals surface area contributed by atoms with E-state index in [1.807, 2.05) is 44.2 Å². The number of hydrogen-bond acceptors (Lipinski definition) is 8. The fourth-order valence-corrected chi connectivity index (χ4v) is 8.16. The largest absolute Gasteiger partial charge is 0.497 e. The Bertz CT molecular complexity index is 1290. The Morgan fingerprint density at radius 2 is 1.83 bits per heavy atom. The molecule has 11 heteroatoms. The summed E-state index contributed by atoms with van der Waals surface area (Å²) in [5.41, 5.74) is 0.898. The third-order valence-corrected chi connectivity index (χ3v) is 10.4. The van der Waals surface area contributed by atoms with E-state index in [1.54, 1.807) is 12.1 Å². The molecule has 5 rings (SSSR count). The molecular formula is C31H42N2O8S. The van der Waals surface area contributed by atoms with Gasteiger partial charge in [0.05, 0.1) is 37.4 Å². The second-order valence-electron chi connectivity index (χ2n) is 11.9. The van der Waals surface area contributed by atoms with Gasteiger partial charge in [-0.15, -0.1) is 0 Å². The molecule has 1 unspecified atom stereocenters. The first-order valence-electron chi connectivity index (χ1n) is 14.7. The number of methoxy groups -OCH3 is 1. The van der Waals surface area contributed by atoms with E-state index in [0.29, 0.717) is 31.3 Å². The number of sulfonamides is 1. The summed E-state index contributed by atoms with van der Waals surface area (Å²) in [4.78, 5) is 13.4. The Hall–Kier alpha value is -2.70. The van der Waals surface area contributed by atoms with Crippen molar-refractivity contribution in [2.24, 2.45) is 23.7 Å². The van der Waals surface area contributed by atoms with Crippen LogP contribution >= 0.6 is 0 Å². The van der Waals surface area contributed by atoms with Crippen LogP contribution in [0, 0.1) is 23.7 Å². The van der Waals surface area contributed by atoms with Gasteiger partial charge in [0.1, 0.15) is 11.9 Å². The van der Waals surface area contributed by atoms with Gasteiger partial charge in [-0.25, -0.2) is 13.2 Å². The second kappa shape index (κ2) is 13.3. The lowest BCUT2D eigenvalue weighted by Crippen LogP contribution is -2.51. The first-order chi connectivity index (χ1) is 20.2. The summed E-state index contributed by atoms with van der Waals surface area (Å²) in [7, 11) is -2.42. The minimum Gasteiger partial charge on any atom is -0.497 e. The summed E-state index contributed by atoms with van der Waals surface area (Å²) in [5, 5.41) is 14.4. The summed E-state index contributed by atoms with van der Waals surface area (Å²) in [6, 6.07) is 14.9. The highest BCUT2D eigenvalue weighted by Crippen LogP contribution is 2.50. The summed E-state index contributed by atoms with van der Waals surface area (Å²) in [5.74, 6) is 1.26. The molecule has 10 nitrogen and oxygen atoms in total. The summed E-state index contributed by atoms with van der Waals surface area (Å²) in [6.45, 7) is 5.02. The molecule has 2 heterocycles. The predicted octanol–water partition coefficient (Wildman–Crippen LogP) is 3.44. The van der Waals surface area contributed by atoms with Crippen LogP contribution in [0.3, 0.4) is 0 Å². The second-order valence-corrected chi connectivity index (χ2v) is 13.9. The maximum atomic E-state index is 13.7. The summed E-state index contributed by atoms with van der Waals surface area (Å²) >= 11 is 0. The van der Waals surface area contributed by atoms with Gasteiger partial charge in [-0.2, -0.15) is 4.31 Å². The molecule has 230 valence electrons. The Labute approximate surface area is 248 Å². The van der Waals surface area contributed by atoms with Gasteiger partial charge < -0.3 is 29.4 Å². The van der Waals surface area contributed by atoms with Gasteiger partial charge in [-0.1, -0.05) is 44.2 Å². The number of carbonyl (C=O) groups is 1. The van der Waals surface area contributed by atoms with Gasteiger partial charge in [0.15, 0.2) is 6.29 Å². The topological polar surface area (TPSA) is 124 Å². The van der Waals surface area contributed by atoms with Gasteiger partial charge in [0, 0.05) is 24.9 Å². The maximum Gasteiger partial charge on any atom is 0.407 e. The van der Waals surface area contributed by atoms with Crippen LogP contribution in [0.25, 0.3) is 0 Å². The smallest absolute Gasteiger partial charge is 0.407 e. The monoisotopic (exact) mass is 602 g/mol. The quantitative estimate of drug-likeness (QED) is 0.379. The lowest BCUT2D eigenvalue weighted by molar-refractivity contribution is -0.173. The third-order valence-electron chi connectivity index (χ3n) is 8.55.